The van der Waals surface area contributed by atoms with Crippen molar-refractivity contribution in [1.29, 1.82) is 0 Å². The first-order valence-electron chi connectivity index (χ1n) is 27.9. The van der Waals surface area contributed by atoms with Crippen LogP contribution in [0.3, 0.4) is 0 Å². The Morgan fingerprint density at radius 1 is 0.588 bits per heavy atom. The molecule has 396 valence electrons. The Kier molecular flexibility index (Phi) is 42.8. The number of esters is 1. The molecular formula is C57H103NO10. The van der Waals surface area contributed by atoms with Crippen molar-refractivity contribution in [2.45, 2.75) is 288 Å². The summed E-state index contributed by atoms with van der Waals surface area (Å²) >= 11 is 0. The van der Waals surface area contributed by atoms with E-state index in [0.29, 0.717) is 19.3 Å². The van der Waals surface area contributed by atoms with Crippen LogP contribution < -0.4 is 5.32 Å². The molecule has 0 bridgehead atoms. The predicted molar refractivity (Wildman–Crippen MR) is 278 cm³/mol. The smallest absolute Gasteiger partial charge is 0.306 e. The molecule has 0 saturated carbocycles. The number of unbranched alkanes of at least 4 members (excludes halogenated alkanes) is 28. The van der Waals surface area contributed by atoms with E-state index in [2.05, 4.69) is 56.5 Å². The van der Waals surface area contributed by atoms with Crippen molar-refractivity contribution in [2.75, 3.05) is 13.2 Å². The Labute approximate surface area is 415 Å². The van der Waals surface area contributed by atoms with E-state index in [0.717, 1.165) is 89.9 Å². The third-order valence-corrected chi connectivity index (χ3v) is 13.1. The second kappa shape index (κ2) is 45.7. The molecule has 8 atom stereocenters. The average molecular weight is 962 g/mol. The molecule has 1 fully saturated rings. The van der Waals surface area contributed by atoms with Crippen LogP contribution in [0.5, 0.6) is 0 Å². The highest BCUT2D eigenvalue weighted by Gasteiger charge is 2.47. The van der Waals surface area contributed by atoms with Gasteiger partial charge in [-0.2, -0.15) is 0 Å². The summed E-state index contributed by atoms with van der Waals surface area (Å²) < 4.78 is 17.5. The van der Waals surface area contributed by atoms with Gasteiger partial charge in [-0.05, 0) is 44.9 Å². The number of carbonyl (C=O) groups is 2. The number of nitrogens with one attached hydrogen (secondary N) is 1. The number of amides is 1. The van der Waals surface area contributed by atoms with Crippen LogP contribution in [0, 0.1) is 0 Å². The second-order valence-electron chi connectivity index (χ2n) is 19.4. The summed E-state index contributed by atoms with van der Waals surface area (Å²) in [5.41, 5.74) is 0. The van der Waals surface area contributed by atoms with E-state index in [4.69, 9.17) is 14.2 Å². The minimum Gasteiger partial charge on any atom is -0.454 e. The molecule has 1 saturated heterocycles. The number of rotatable bonds is 46. The van der Waals surface area contributed by atoms with Crippen LogP contribution in [-0.4, -0.2) is 99.6 Å². The topological polar surface area (TPSA) is 175 Å². The lowest BCUT2D eigenvalue weighted by molar-refractivity contribution is -0.305. The van der Waals surface area contributed by atoms with E-state index in [1.165, 1.54) is 103 Å². The normalized spacial score (nSPS) is 20.3. The Morgan fingerprint density at radius 3 is 1.57 bits per heavy atom. The molecule has 1 aliphatic heterocycles. The first-order chi connectivity index (χ1) is 33.2. The summed E-state index contributed by atoms with van der Waals surface area (Å²) in [7, 11) is 0. The molecule has 6 N–H and O–H groups in total. The van der Waals surface area contributed by atoms with E-state index in [1.54, 1.807) is 6.08 Å². The molecular weight excluding hydrogens is 859 g/mol. The highest BCUT2D eigenvalue weighted by molar-refractivity contribution is 5.80. The lowest BCUT2D eigenvalue weighted by Gasteiger charge is -2.41. The van der Waals surface area contributed by atoms with Crippen LogP contribution in [0.2, 0.25) is 0 Å². The van der Waals surface area contributed by atoms with Gasteiger partial charge in [0.25, 0.3) is 0 Å². The SMILES string of the molecule is CC/C=C/C=C/C=C/CCCCCCCCCC(=O)OC1C(OCC(NC(=O)C(O)CCCCCCCCCCCCCCC)C(O)/C=C/CCCCCCCCCCC)OC(CO)C(O)C1O. The zero-order valence-corrected chi connectivity index (χ0v) is 43.5. The van der Waals surface area contributed by atoms with Crippen molar-refractivity contribution in [3.8, 4) is 0 Å². The van der Waals surface area contributed by atoms with Gasteiger partial charge < -0.3 is 45.1 Å². The zero-order chi connectivity index (χ0) is 49.7. The van der Waals surface area contributed by atoms with Crippen LogP contribution in [0.1, 0.15) is 239 Å². The van der Waals surface area contributed by atoms with Gasteiger partial charge in [0.1, 0.15) is 24.4 Å². The first kappa shape index (κ1) is 63.6. The van der Waals surface area contributed by atoms with E-state index < -0.39 is 67.4 Å². The molecule has 0 aromatic carbocycles. The Balaban J connectivity index is 2.74. The molecule has 11 heteroatoms. The maximum Gasteiger partial charge on any atom is 0.306 e. The van der Waals surface area contributed by atoms with Gasteiger partial charge in [-0.15, -0.1) is 0 Å². The minimum absolute atomic E-state index is 0.111. The van der Waals surface area contributed by atoms with Crippen molar-refractivity contribution >= 4 is 11.9 Å². The first-order valence-corrected chi connectivity index (χ1v) is 27.9. The molecule has 0 spiro atoms. The summed E-state index contributed by atoms with van der Waals surface area (Å²) in [5.74, 6) is -1.20. The van der Waals surface area contributed by atoms with Crippen LogP contribution in [0.25, 0.3) is 0 Å². The van der Waals surface area contributed by atoms with Gasteiger partial charge in [-0.1, -0.05) is 236 Å². The zero-order valence-electron chi connectivity index (χ0n) is 43.5. The van der Waals surface area contributed by atoms with Crippen LogP contribution in [0.15, 0.2) is 48.6 Å². The third kappa shape index (κ3) is 34.0. The molecule has 8 unspecified atom stereocenters. The fourth-order valence-electron chi connectivity index (χ4n) is 8.59. The number of aliphatic hydroxyl groups is 5. The van der Waals surface area contributed by atoms with Gasteiger partial charge in [-0.25, -0.2) is 0 Å². The maximum atomic E-state index is 13.3. The summed E-state index contributed by atoms with van der Waals surface area (Å²) in [5, 5.41) is 56.7. The summed E-state index contributed by atoms with van der Waals surface area (Å²) in [6, 6.07) is -1.02. The van der Waals surface area contributed by atoms with Gasteiger partial charge in [-0.3, -0.25) is 9.59 Å². The van der Waals surface area contributed by atoms with Crippen LogP contribution in [-0.2, 0) is 23.8 Å². The number of ether oxygens (including phenoxy) is 3. The monoisotopic (exact) mass is 962 g/mol. The number of aliphatic hydroxyl groups excluding tert-OH is 5. The van der Waals surface area contributed by atoms with Crippen molar-refractivity contribution in [3.05, 3.63) is 48.6 Å². The van der Waals surface area contributed by atoms with Gasteiger partial charge >= 0.3 is 5.97 Å². The van der Waals surface area contributed by atoms with Gasteiger partial charge in [0.05, 0.1) is 25.4 Å². The molecule has 1 rings (SSSR count). The van der Waals surface area contributed by atoms with E-state index in [-0.39, 0.29) is 13.0 Å². The van der Waals surface area contributed by atoms with Gasteiger partial charge in [0.2, 0.25) is 5.91 Å². The van der Waals surface area contributed by atoms with Crippen LogP contribution >= 0.6 is 0 Å². The summed E-state index contributed by atoms with van der Waals surface area (Å²) in [6.07, 6.45) is 43.0. The number of allylic oxidation sites excluding steroid dienone is 7. The molecule has 1 aliphatic rings. The molecule has 1 heterocycles. The highest BCUT2D eigenvalue weighted by Crippen LogP contribution is 2.26. The van der Waals surface area contributed by atoms with Crippen molar-refractivity contribution < 1.29 is 49.3 Å². The second-order valence-corrected chi connectivity index (χ2v) is 19.4. The lowest BCUT2D eigenvalue weighted by atomic mass is 9.99. The Morgan fingerprint density at radius 2 is 1.06 bits per heavy atom. The van der Waals surface area contributed by atoms with Gasteiger partial charge in [0.15, 0.2) is 12.4 Å². The maximum absolute atomic E-state index is 13.3. The lowest BCUT2D eigenvalue weighted by Crippen LogP contribution is -2.61. The Hall–Kier alpha value is -2.38. The quantitative estimate of drug-likeness (QED) is 0.0149. The van der Waals surface area contributed by atoms with E-state index in [1.807, 2.05) is 12.2 Å². The summed E-state index contributed by atoms with van der Waals surface area (Å²) in [4.78, 5) is 26.4. The predicted octanol–water partition coefficient (Wildman–Crippen LogP) is 12.1. The number of hydrogen-bond donors (Lipinski definition) is 6. The number of carbonyl (C=O) groups excluding carboxylic acids is 2. The Bertz CT molecular complexity index is 1290. The minimum atomic E-state index is -1.62. The fraction of sp³-hybridized carbons (Fsp3) is 0.825. The molecule has 0 aromatic rings. The van der Waals surface area contributed by atoms with Gasteiger partial charge in [0, 0.05) is 6.42 Å². The fourth-order valence-corrected chi connectivity index (χ4v) is 8.59. The highest BCUT2D eigenvalue weighted by atomic mass is 16.7. The molecule has 1 amide bonds. The third-order valence-electron chi connectivity index (χ3n) is 13.1. The number of hydrogen-bond acceptors (Lipinski definition) is 10. The molecule has 11 nitrogen and oxygen atoms in total. The molecule has 0 radical (unpaired) electrons. The largest absolute Gasteiger partial charge is 0.454 e. The van der Waals surface area contributed by atoms with E-state index in [9.17, 15) is 35.1 Å². The molecule has 68 heavy (non-hydrogen) atoms. The van der Waals surface area contributed by atoms with Crippen molar-refractivity contribution in [1.82, 2.24) is 5.32 Å². The standard InChI is InChI=1S/C57H103NO10/c1-4-7-10-13-16-19-22-24-25-27-30-33-36-39-42-45-52(62)68-55-54(64)53(63)51(46-59)67-57(55)66-47-48(49(60)43-40-37-34-31-28-21-18-15-12-9-6-3)58-56(65)50(61)44-41-38-35-32-29-26-23-20-17-14-11-8-5-2/h7,10,13,16,19,22,40,43,48-51,53-55,57,59-61,63-64H,4-6,8-9,11-12,14-15,17-18,20-21,23-39,41-42,44-47H2,1-3H3,(H,58,65)/b10-7+,16-13+,22-19+,43-40+. The van der Waals surface area contributed by atoms with E-state index >= 15 is 0 Å². The summed E-state index contributed by atoms with van der Waals surface area (Å²) in [6.45, 7) is 5.63. The van der Waals surface area contributed by atoms with Crippen LogP contribution in [0.4, 0.5) is 0 Å². The molecule has 0 aromatic heterocycles. The van der Waals surface area contributed by atoms with Crippen molar-refractivity contribution in [2.24, 2.45) is 0 Å². The van der Waals surface area contributed by atoms with Crippen molar-refractivity contribution in [3.63, 3.8) is 0 Å². The average Bonchev–Trinajstić information content (AvgIpc) is 3.33. The molecule has 0 aliphatic carbocycles.